The van der Waals surface area contributed by atoms with Gasteiger partial charge in [-0.1, -0.05) is 55.4 Å². The first-order valence-corrected chi connectivity index (χ1v) is 25.5. The highest BCUT2D eigenvalue weighted by atomic mass is 32.2. The van der Waals surface area contributed by atoms with E-state index in [1.807, 2.05) is 47.8 Å². The molecule has 14 N–H and O–H groups in total. The summed E-state index contributed by atoms with van der Waals surface area (Å²) in [5.74, 6) is -5.31. The number of amides is 8. The molecule has 1 rings (SSSR count). The lowest BCUT2D eigenvalue weighted by Crippen LogP contribution is -2.61. The van der Waals surface area contributed by atoms with Crippen LogP contribution in [0.5, 0.6) is 0 Å². The normalized spacial score (nSPS) is 17.6. The van der Waals surface area contributed by atoms with Gasteiger partial charge in [0.1, 0.15) is 48.6 Å². The minimum atomic E-state index is -1.63. The van der Waals surface area contributed by atoms with E-state index in [9.17, 15) is 48.3 Å². The number of thioether (sulfide) groups is 1. The molecule has 23 heteroatoms. The van der Waals surface area contributed by atoms with Crippen LogP contribution < -0.4 is 54.4 Å². The summed E-state index contributed by atoms with van der Waals surface area (Å²) in [5, 5.41) is 29.5. The molecule has 0 unspecified atom stereocenters. The van der Waals surface area contributed by atoms with Gasteiger partial charge in [0, 0.05) is 13.1 Å². The number of aliphatic imine (C=N–C) groups is 1. The number of carbonyl (C=O) groups is 9. The Hall–Kier alpha value is -5.03. The zero-order valence-electron chi connectivity index (χ0n) is 42.6. The maximum Gasteiger partial charge on any atom is 0.245 e. The number of aliphatic hydroxyl groups is 1. The van der Waals surface area contributed by atoms with Gasteiger partial charge in [0.05, 0.1) is 18.2 Å². The molecule has 69 heavy (non-hydrogen) atoms. The number of hydrogen-bond acceptors (Lipinski definition) is 13. The number of carbonyl (C=O) groups excluding carboxylic acids is 9. The van der Waals surface area contributed by atoms with Crippen LogP contribution in [0, 0.1) is 23.7 Å². The molecule has 22 nitrogen and oxygen atoms in total. The van der Waals surface area contributed by atoms with Gasteiger partial charge in [0.15, 0.2) is 5.96 Å². The third kappa shape index (κ3) is 22.5. The molecule has 394 valence electrons. The van der Waals surface area contributed by atoms with E-state index in [2.05, 4.69) is 42.2 Å². The van der Waals surface area contributed by atoms with Crippen molar-refractivity contribution in [2.24, 2.45) is 45.9 Å². The largest absolute Gasteiger partial charge is 0.391 e. The van der Waals surface area contributed by atoms with Crippen molar-refractivity contribution in [2.75, 3.05) is 25.1 Å². The number of nitrogens with one attached hydrogen (secondary N) is 7. The van der Waals surface area contributed by atoms with Gasteiger partial charge in [-0.05, 0) is 101 Å². The van der Waals surface area contributed by atoms with Crippen LogP contribution in [0.3, 0.4) is 0 Å². The second-order valence-corrected chi connectivity index (χ2v) is 20.5. The predicted molar refractivity (Wildman–Crippen MR) is 266 cm³/mol. The molecule has 0 spiro atoms. The van der Waals surface area contributed by atoms with Crippen LogP contribution >= 0.6 is 11.8 Å². The number of nitrogens with two attached hydrogens (primary N) is 3. The first-order valence-electron chi connectivity index (χ1n) is 24.1. The van der Waals surface area contributed by atoms with Gasteiger partial charge in [0.25, 0.3) is 0 Å². The van der Waals surface area contributed by atoms with Gasteiger partial charge in [-0.25, -0.2) is 0 Å². The van der Waals surface area contributed by atoms with E-state index in [1.54, 1.807) is 13.8 Å². The average Bonchev–Trinajstić information content (AvgIpc) is 3.76. The second kappa shape index (κ2) is 31.2. The fraction of sp³-hybridized carbons (Fsp3) is 0.783. The molecule has 1 aliphatic heterocycles. The Labute approximate surface area is 412 Å². The third-order valence-electron chi connectivity index (χ3n) is 11.4. The summed E-state index contributed by atoms with van der Waals surface area (Å²) in [6.45, 7) is 17.7. The van der Waals surface area contributed by atoms with Crippen LogP contribution in [0.4, 0.5) is 0 Å². The number of rotatable bonds is 31. The monoisotopic (exact) mass is 997 g/mol. The van der Waals surface area contributed by atoms with Gasteiger partial charge in [-0.15, -0.1) is 0 Å². The Morgan fingerprint density at radius 2 is 1.19 bits per heavy atom. The van der Waals surface area contributed by atoms with Crippen molar-refractivity contribution in [3.05, 3.63) is 0 Å². The maximum absolute atomic E-state index is 14.1. The molecular weight excluding hydrogens is 913 g/mol. The van der Waals surface area contributed by atoms with Crippen molar-refractivity contribution in [3.8, 4) is 0 Å². The van der Waals surface area contributed by atoms with Crippen molar-refractivity contribution in [1.82, 2.24) is 42.1 Å². The summed E-state index contributed by atoms with van der Waals surface area (Å²) in [6, 6.07) is -9.95. The highest BCUT2D eigenvalue weighted by Gasteiger charge is 2.40. The lowest BCUT2D eigenvalue weighted by Gasteiger charge is -2.30. The number of hydrogen-bond donors (Lipinski definition) is 11. The van der Waals surface area contributed by atoms with Crippen molar-refractivity contribution >= 4 is 71.3 Å². The molecule has 0 bridgehead atoms. The number of aliphatic hydroxyl groups excluding tert-OH is 1. The van der Waals surface area contributed by atoms with Gasteiger partial charge in [0.2, 0.25) is 47.3 Å². The van der Waals surface area contributed by atoms with Crippen LogP contribution in [-0.2, 0) is 43.2 Å². The summed E-state index contributed by atoms with van der Waals surface area (Å²) in [7, 11) is 0. The van der Waals surface area contributed by atoms with Crippen LogP contribution in [-0.4, -0.2) is 155 Å². The summed E-state index contributed by atoms with van der Waals surface area (Å²) >= 11 is 1.48. The van der Waals surface area contributed by atoms with E-state index in [0.29, 0.717) is 24.9 Å². The topological polar surface area (TPSA) is 352 Å². The van der Waals surface area contributed by atoms with Crippen molar-refractivity contribution in [3.63, 3.8) is 0 Å². The van der Waals surface area contributed by atoms with Crippen LogP contribution in [0.15, 0.2) is 4.99 Å². The van der Waals surface area contributed by atoms with E-state index < -0.39 is 108 Å². The number of aldehydes is 1. The van der Waals surface area contributed by atoms with E-state index >= 15 is 0 Å². The first-order chi connectivity index (χ1) is 32.2. The molecule has 0 aromatic heterocycles. The van der Waals surface area contributed by atoms with E-state index in [1.165, 1.54) is 30.5 Å². The van der Waals surface area contributed by atoms with E-state index in [4.69, 9.17) is 17.2 Å². The summed E-state index contributed by atoms with van der Waals surface area (Å²) in [4.78, 5) is 126. The number of nitrogens with zero attached hydrogens (tertiary/aromatic N) is 2. The van der Waals surface area contributed by atoms with Crippen molar-refractivity contribution < 1.29 is 48.3 Å². The molecule has 1 fully saturated rings. The minimum Gasteiger partial charge on any atom is -0.391 e. The van der Waals surface area contributed by atoms with Gasteiger partial charge in [-0.3, -0.25) is 43.3 Å². The first kappa shape index (κ1) is 62.0. The van der Waals surface area contributed by atoms with Gasteiger partial charge >= 0.3 is 0 Å². The lowest BCUT2D eigenvalue weighted by atomic mass is 9.99. The molecule has 1 saturated heterocycles. The number of guanidine groups is 1. The van der Waals surface area contributed by atoms with Gasteiger partial charge in [-0.2, -0.15) is 11.8 Å². The highest BCUT2D eigenvalue weighted by Crippen LogP contribution is 2.20. The SMILES string of the molecule is CSCC[C@H](NC(=O)[C@@H](N)C(C)C)C(=O)N[C@@H](C)C(=O)N1CCC[C@H]1C(=O)N[C@@H](CCCN=C(N)N)C(=O)N[C@H](C(=O)N[C@@H](CC(C)C)C(=O)N[C@@H](CC(C)C)C(=O)N[C@H](C=O)CC(C)C)[C@@H](C)O. The Balaban J connectivity index is 3.33. The molecule has 0 aromatic carbocycles. The fourth-order valence-corrected chi connectivity index (χ4v) is 8.05. The minimum absolute atomic E-state index is 0.0422. The predicted octanol–water partition coefficient (Wildman–Crippen LogP) is -1.10. The summed E-state index contributed by atoms with van der Waals surface area (Å²) in [5.41, 5.74) is 17.0. The number of likely N-dealkylation sites (tertiary alicyclic amines) is 1. The van der Waals surface area contributed by atoms with Crippen LogP contribution in [0.1, 0.15) is 121 Å². The standard InChI is InChI=1S/C46H84N12O10S/c1-24(2)20-30(23-59)52-40(63)33(21-25(3)4)55-41(64)34(22-26(5)6)56-44(67)37(29(10)60)57-39(62)31(14-12-17-50-46(48)49)53-42(65)35-15-13-18-58(35)45(68)28(9)51-38(61)32(16-19-69-11)54-43(66)36(47)27(7)8/h23-37,60H,12-22,47H2,1-11H3,(H,51,61)(H,52,63)(H,53,65)(H,54,66)(H,55,64)(H,56,67)(H,57,62)(H4,48,49,50)/t28-,29+,30-,31-,32-,33-,34-,35-,36-,37-/m0/s1. The summed E-state index contributed by atoms with van der Waals surface area (Å²) < 4.78 is 0. The molecule has 0 radical (unpaired) electrons. The van der Waals surface area contributed by atoms with Crippen molar-refractivity contribution in [1.29, 1.82) is 0 Å². The molecule has 1 aliphatic rings. The molecule has 8 amide bonds. The Kier molecular flexibility index (Phi) is 28.1. The smallest absolute Gasteiger partial charge is 0.245 e. The van der Waals surface area contributed by atoms with Crippen LogP contribution in [0.25, 0.3) is 0 Å². The molecule has 1 heterocycles. The molecule has 0 saturated carbocycles. The Morgan fingerprint density at radius 3 is 1.70 bits per heavy atom. The quantitative estimate of drug-likeness (QED) is 0.0170. The summed E-state index contributed by atoms with van der Waals surface area (Å²) in [6.07, 6.45) is 2.81. The fourth-order valence-electron chi connectivity index (χ4n) is 7.58. The van der Waals surface area contributed by atoms with E-state index in [-0.39, 0.29) is 81.2 Å². The van der Waals surface area contributed by atoms with E-state index in [0.717, 1.165) is 0 Å². The second-order valence-electron chi connectivity index (χ2n) is 19.5. The zero-order chi connectivity index (χ0) is 52.7. The molecule has 0 aromatic rings. The van der Waals surface area contributed by atoms with Crippen molar-refractivity contribution in [2.45, 2.75) is 181 Å². The maximum atomic E-state index is 14.1. The zero-order valence-corrected chi connectivity index (χ0v) is 43.4. The Morgan fingerprint density at radius 1 is 0.681 bits per heavy atom. The highest BCUT2D eigenvalue weighted by molar-refractivity contribution is 7.98. The van der Waals surface area contributed by atoms with Crippen LogP contribution in [0.2, 0.25) is 0 Å². The third-order valence-corrected chi connectivity index (χ3v) is 12.0. The Bertz CT molecular complexity index is 1750. The lowest BCUT2D eigenvalue weighted by molar-refractivity contribution is -0.142. The molecular formula is C46H84N12O10S. The molecule has 0 aliphatic carbocycles. The average molecular weight is 997 g/mol. The van der Waals surface area contributed by atoms with Gasteiger partial charge < -0.3 is 69.2 Å². The molecule has 10 atom stereocenters.